The van der Waals surface area contributed by atoms with Gasteiger partial charge in [-0.25, -0.2) is 0 Å². The minimum absolute atomic E-state index is 0.135. The van der Waals surface area contributed by atoms with Gasteiger partial charge in [0.2, 0.25) is 0 Å². The molecule has 0 aliphatic carbocycles. The van der Waals surface area contributed by atoms with E-state index >= 15 is 0 Å². The molecule has 1 N–H and O–H groups in total. The predicted molar refractivity (Wildman–Crippen MR) is 93.6 cm³/mol. The zero-order valence-electron chi connectivity index (χ0n) is 12.3. The van der Waals surface area contributed by atoms with Crippen LogP contribution in [0.25, 0.3) is 6.08 Å². The smallest absolute Gasteiger partial charge is 0.263 e. The molecule has 0 saturated carbocycles. The minimum Gasteiger partial charge on any atom is -0.307 e. The second kappa shape index (κ2) is 6.06. The number of amides is 1. The highest BCUT2D eigenvalue weighted by Crippen LogP contribution is 2.28. The van der Waals surface area contributed by atoms with E-state index in [1.54, 1.807) is 0 Å². The Morgan fingerprint density at radius 2 is 2.05 bits per heavy atom. The number of aromatic nitrogens is 2. The summed E-state index contributed by atoms with van der Waals surface area (Å²) in [6, 6.07) is 10.2. The van der Waals surface area contributed by atoms with Crippen LogP contribution >= 0.6 is 24.0 Å². The molecule has 2 aromatic rings. The average molecular weight is 329 g/mol. The van der Waals surface area contributed by atoms with Gasteiger partial charge < -0.3 is 5.32 Å². The molecule has 0 bridgehead atoms. The maximum atomic E-state index is 11.8. The molecule has 1 aliphatic heterocycles. The second-order valence-electron chi connectivity index (χ2n) is 5.08. The molecule has 1 fully saturated rings. The van der Waals surface area contributed by atoms with Gasteiger partial charge in [0, 0.05) is 11.3 Å². The lowest BCUT2D eigenvalue weighted by Gasteiger charge is -2.04. The van der Waals surface area contributed by atoms with Crippen LogP contribution in [0.1, 0.15) is 22.5 Å². The fourth-order valence-corrected chi connectivity index (χ4v) is 3.41. The number of nitrogens with zero attached hydrogens (tertiary/aromatic N) is 2. The van der Waals surface area contributed by atoms with Gasteiger partial charge in [-0.15, -0.1) is 0 Å². The average Bonchev–Trinajstić information content (AvgIpc) is 2.94. The van der Waals surface area contributed by atoms with Gasteiger partial charge in [0.25, 0.3) is 5.91 Å². The Hall–Kier alpha value is -1.92. The minimum atomic E-state index is -0.135. The van der Waals surface area contributed by atoms with Gasteiger partial charge in [0.15, 0.2) is 0 Å². The number of nitrogens with one attached hydrogen (secondary N) is 1. The lowest BCUT2D eigenvalue weighted by atomic mass is 10.1. The normalized spacial score (nSPS) is 16.4. The SMILES string of the molecule is Cc1nn(Cc2ccccc2)c(C)c1C=C1SC(=S)NC1=O. The van der Waals surface area contributed by atoms with Crippen molar-refractivity contribution in [3.8, 4) is 0 Å². The Labute approximate surface area is 138 Å². The Morgan fingerprint density at radius 3 is 2.68 bits per heavy atom. The van der Waals surface area contributed by atoms with E-state index in [1.807, 2.05) is 42.8 Å². The van der Waals surface area contributed by atoms with Gasteiger partial charge >= 0.3 is 0 Å². The van der Waals surface area contributed by atoms with Crippen molar-refractivity contribution in [1.82, 2.24) is 15.1 Å². The van der Waals surface area contributed by atoms with Crippen molar-refractivity contribution in [1.29, 1.82) is 0 Å². The first-order chi connectivity index (χ1) is 10.5. The highest BCUT2D eigenvalue weighted by Gasteiger charge is 2.23. The highest BCUT2D eigenvalue weighted by molar-refractivity contribution is 8.26. The van der Waals surface area contributed by atoms with E-state index in [2.05, 4.69) is 22.5 Å². The maximum absolute atomic E-state index is 11.8. The van der Waals surface area contributed by atoms with Gasteiger partial charge in [-0.2, -0.15) is 5.10 Å². The lowest BCUT2D eigenvalue weighted by Crippen LogP contribution is -2.17. The molecule has 3 rings (SSSR count). The first-order valence-corrected chi connectivity index (χ1v) is 8.10. The molecule has 2 heterocycles. The molecule has 112 valence electrons. The van der Waals surface area contributed by atoms with E-state index in [0.717, 1.165) is 17.0 Å². The third kappa shape index (κ3) is 2.98. The maximum Gasteiger partial charge on any atom is 0.263 e. The van der Waals surface area contributed by atoms with Crippen LogP contribution < -0.4 is 5.32 Å². The van der Waals surface area contributed by atoms with E-state index in [-0.39, 0.29) is 5.91 Å². The summed E-state index contributed by atoms with van der Waals surface area (Å²) in [5.41, 5.74) is 4.13. The number of carbonyl (C=O) groups excluding carboxylic acids is 1. The molecule has 0 radical (unpaired) electrons. The first-order valence-electron chi connectivity index (χ1n) is 6.87. The van der Waals surface area contributed by atoms with Crippen molar-refractivity contribution >= 4 is 40.3 Å². The van der Waals surface area contributed by atoms with Crippen molar-refractivity contribution in [2.45, 2.75) is 20.4 Å². The Morgan fingerprint density at radius 1 is 1.32 bits per heavy atom. The van der Waals surface area contributed by atoms with Crippen LogP contribution in [0, 0.1) is 13.8 Å². The third-order valence-corrected chi connectivity index (χ3v) is 4.69. The molecule has 1 amide bonds. The number of hydrogen-bond acceptors (Lipinski definition) is 4. The Balaban J connectivity index is 1.92. The number of carbonyl (C=O) groups is 1. The summed E-state index contributed by atoms with van der Waals surface area (Å²) in [6.45, 7) is 4.69. The zero-order chi connectivity index (χ0) is 15.7. The number of thioether (sulfide) groups is 1. The van der Waals surface area contributed by atoms with Crippen LogP contribution in [0.2, 0.25) is 0 Å². The Bertz CT molecular complexity index is 778. The van der Waals surface area contributed by atoms with Crippen LogP contribution in [0.5, 0.6) is 0 Å². The second-order valence-corrected chi connectivity index (χ2v) is 6.80. The van der Waals surface area contributed by atoms with Crippen LogP contribution in [-0.2, 0) is 11.3 Å². The largest absolute Gasteiger partial charge is 0.307 e. The molecule has 0 spiro atoms. The number of aryl methyl sites for hydroxylation is 1. The molecular weight excluding hydrogens is 314 g/mol. The fourth-order valence-electron chi connectivity index (χ4n) is 2.38. The van der Waals surface area contributed by atoms with Crippen molar-refractivity contribution in [2.75, 3.05) is 0 Å². The summed E-state index contributed by atoms with van der Waals surface area (Å²) in [4.78, 5) is 12.4. The van der Waals surface area contributed by atoms with Crippen LogP contribution in [0.4, 0.5) is 0 Å². The van der Waals surface area contributed by atoms with Crippen molar-refractivity contribution in [3.63, 3.8) is 0 Å². The van der Waals surface area contributed by atoms with E-state index in [1.165, 1.54) is 17.3 Å². The highest BCUT2D eigenvalue weighted by atomic mass is 32.2. The van der Waals surface area contributed by atoms with E-state index < -0.39 is 0 Å². The predicted octanol–water partition coefficient (Wildman–Crippen LogP) is 3.04. The Kier molecular flexibility index (Phi) is 4.13. The molecule has 4 nitrogen and oxygen atoms in total. The van der Waals surface area contributed by atoms with E-state index in [4.69, 9.17) is 12.2 Å². The number of hydrogen-bond donors (Lipinski definition) is 1. The van der Waals surface area contributed by atoms with Crippen LogP contribution in [-0.4, -0.2) is 20.0 Å². The van der Waals surface area contributed by atoms with Crippen molar-refractivity contribution < 1.29 is 4.79 Å². The van der Waals surface area contributed by atoms with E-state index in [0.29, 0.717) is 15.8 Å². The standard InChI is InChI=1S/C16H15N3OS2/c1-10-13(8-14-15(20)17-16(21)22-14)11(2)19(18-10)9-12-6-4-3-5-7-12/h3-8H,9H2,1-2H3,(H,17,20,21). The van der Waals surface area contributed by atoms with Crippen molar-refractivity contribution in [3.05, 3.63) is 57.8 Å². The van der Waals surface area contributed by atoms with Gasteiger partial charge in [0.05, 0.1) is 17.1 Å². The summed E-state index contributed by atoms with van der Waals surface area (Å²) < 4.78 is 2.47. The molecule has 6 heteroatoms. The zero-order valence-corrected chi connectivity index (χ0v) is 13.9. The number of rotatable bonds is 3. The van der Waals surface area contributed by atoms with Crippen LogP contribution in [0.3, 0.4) is 0 Å². The van der Waals surface area contributed by atoms with E-state index in [9.17, 15) is 4.79 Å². The summed E-state index contributed by atoms with van der Waals surface area (Å²) in [5, 5.41) is 7.22. The van der Waals surface area contributed by atoms with Crippen LogP contribution in [0.15, 0.2) is 35.2 Å². The molecule has 1 aromatic carbocycles. The van der Waals surface area contributed by atoms with Crippen molar-refractivity contribution in [2.24, 2.45) is 0 Å². The summed E-state index contributed by atoms with van der Waals surface area (Å²) in [5.74, 6) is -0.135. The third-order valence-electron chi connectivity index (χ3n) is 3.53. The lowest BCUT2D eigenvalue weighted by molar-refractivity contribution is -0.115. The molecule has 1 aliphatic rings. The number of benzene rings is 1. The van der Waals surface area contributed by atoms with Gasteiger partial charge in [-0.3, -0.25) is 9.48 Å². The van der Waals surface area contributed by atoms with Gasteiger partial charge in [-0.1, -0.05) is 54.3 Å². The van der Waals surface area contributed by atoms with Gasteiger partial charge in [-0.05, 0) is 25.5 Å². The summed E-state index contributed by atoms with van der Waals surface area (Å²) >= 11 is 6.31. The quantitative estimate of drug-likeness (QED) is 0.694. The molecular formula is C16H15N3OS2. The van der Waals surface area contributed by atoms with Gasteiger partial charge in [0.1, 0.15) is 4.32 Å². The molecule has 0 unspecified atom stereocenters. The molecule has 0 atom stereocenters. The number of thiocarbonyl (C=S) groups is 1. The molecule has 1 saturated heterocycles. The topological polar surface area (TPSA) is 46.9 Å². The monoisotopic (exact) mass is 329 g/mol. The summed E-state index contributed by atoms with van der Waals surface area (Å²) in [6.07, 6.45) is 1.87. The fraction of sp³-hybridized carbons (Fsp3) is 0.188. The summed E-state index contributed by atoms with van der Waals surface area (Å²) in [7, 11) is 0. The molecule has 22 heavy (non-hydrogen) atoms. The molecule has 1 aromatic heterocycles. The first kappa shape index (κ1) is 15.0.